The van der Waals surface area contributed by atoms with Gasteiger partial charge in [-0.25, -0.2) is 9.97 Å². The van der Waals surface area contributed by atoms with Crippen LogP contribution in [-0.2, 0) is 0 Å². The molecule has 0 saturated heterocycles. The quantitative estimate of drug-likeness (QED) is 0.654. The Morgan fingerprint density at radius 2 is 2.16 bits per heavy atom. The molecule has 0 spiro atoms. The number of nitrogens with two attached hydrogens (primary N) is 1. The molecule has 7 nitrogen and oxygen atoms in total. The predicted octanol–water partition coefficient (Wildman–Crippen LogP) is 3.13. The van der Waals surface area contributed by atoms with Gasteiger partial charge in [0.2, 0.25) is 11.6 Å². The summed E-state index contributed by atoms with van der Waals surface area (Å²) in [6, 6.07) is 4.96. The molecule has 0 bridgehead atoms. The van der Waals surface area contributed by atoms with Crippen LogP contribution in [0.1, 0.15) is 0 Å². The van der Waals surface area contributed by atoms with Crippen molar-refractivity contribution in [2.45, 2.75) is 0 Å². The summed E-state index contributed by atoms with van der Waals surface area (Å²) < 4.78 is 0.645. The Bertz CT molecular complexity index is 652. The molecule has 1 aromatic carbocycles. The highest BCUT2D eigenvalue weighted by atomic mass is 79.9. The molecular formula is C10H7BrClN5O2. The Hall–Kier alpha value is -1.93. The minimum atomic E-state index is -0.637. The third-order valence-electron chi connectivity index (χ3n) is 2.22. The van der Waals surface area contributed by atoms with Crippen LogP contribution in [-0.4, -0.2) is 14.9 Å². The summed E-state index contributed by atoms with van der Waals surface area (Å²) in [6.07, 6.45) is 1.15. The first-order chi connectivity index (χ1) is 8.99. The Kier molecular flexibility index (Phi) is 3.82. The molecule has 0 saturated carbocycles. The van der Waals surface area contributed by atoms with Gasteiger partial charge in [-0.05, 0) is 34.1 Å². The number of hydrogen-bond acceptors (Lipinski definition) is 6. The van der Waals surface area contributed by atoms with E-state index in [0.717, 1.165) is 6.33 Å². The lowest BCUT2D eigenvalue weighted by Gasteiger charge is -2.08. The maximum absolute atomic E-state index is 10.9. The van der Waals surface area contributed by atoms with Gasteiger partial charge in [-0.15, -0.1) is 0 Å². The first kappa shape index (κ1) is 13.5. The standard InChI is InChI=1S/C10H7BrClN5O2/c11-6-3-5(12)1-2-7(6)16-10-8(17(18)19)9(13)14-4-15-10/h1-4H,(H3,13,14,15,16). The van der Waals surface area contributed by atoms with Crippen LogP contribution >= 0.6 is 27.5 Å². The third-order valence-corrected chi connectivity index (χ3v) is 3.11. The molecule has 9 heteroatoms. The minimum absolute atomic E-state index is 0.0144. The second-order valence-corrected chi connectivity index (χ2v) is 4.75. The van der Waals surface area contributed by atoms with Gasteiger partial charge in [0, 0.05) is 9.50 Å². The summed E-state index contributed by atoms with van der Waals surface area (Å²) in [4.78, 5) is 17.7. The van der Waals surface area contributed by atoms with Gasteiger partial charge in [0.25, 0.3) is 0 Å². The monoisotopic (exact) mass is 343 g/mol. The van der Waals surface area contributed by atoms with E-state index in [4.69, 9.17) is 17.3 Å². The van der Waals surface area contributed by atoms with Gasteiger partial charge in [0.1, 0.15) is 6.33 Å². The van der Waals surface area contributed by atoms with Gasteiger partial charge in [0.05, 0.1) is 10.6 Å². The highest BCUT2D eigenvalue weighted by Crippen LogP contribution is 2.33. The summed E-state index contributed by atoms with van der Waals surface area (Å²) in [5.41, 5.74) is 5.68. The van der Waals surface area contributed by atoms with Crippen molar-refractivity contribution in [2.75, 3.05) is 11.1 Å². The van der Waals surface area contributed by atoms with Crippen LogP contribution < -0.4 is 11.1 Å². The second-order valence-electron chi connectivity index (χ2n) is 3.46. The van der Waals surface area contributed by atoms with Crippen molar-refractivity contribution in [3.8, 4) is 0 Å². The zero-order chi connectivity index (χ0) is 14.0. The van der Waals surface area contributed by atoms with Crippen molar-refractivity contribution < 1.29 is 4.92 Å². The van der Waals surface area contributed by atoms with E-state index in [1.165, 1.54) is 0 Å². The average molecular weight is 345 g/mol. The van der Waals surface area contributed by atoms with Crippen molar-refractivity contribution in [3.63, 3.8) is 0 Å². The number of nitrogens with one attached hydrogen (secondary N) is 1. The molecule has 1 aromatic heterocycles. The first-order valence-corrected chi connectivity index (χ1v) is 6.13. The molecule has 0 aliphatic rings. The number of benzene rings is 1. The Morgan fingerprint density at radius 3 is 2.79 bits per heavy atom. The molecule has 0 amide bonds. The van der Waals surface area contributed by atoms with E-state index in [1.807, 2.05) is 0 Å². The molecule has 2 aromatic rings. The van der Waals surface area contributed by atoms with Crippen LogP contribution in [0.15, 0.2) is 29.0 Å². The lowest BCUT2D eigenvalue weighted by atomic mass is 10.3. The Morgan fingerprint density at radius 1 is 1.42 bits per heavy atom. The number of halogens is 2. The number of nitrogen functional groups attached to an aromatic ring is 1. The van der Waals surface area contributed by atoms with Crippen molar-refractivity contribution in [1.82, 2.24) is 9.97 Å². The highest BCUT2D eigenvalue weighted by molar-refractivity contribution is 9.10. The van der Waals surface area contributed by atoms with Crippen LogP contribution in [0.2, 0.25) is 5.02 Å². The molecule has 98 valence electrons. The normalized spacial score (nSPS) is 10.2. The maximum atomic E-state index is 10.9. The predicted molar refractivity (Wildman–Crippen MR) is 75.5 cm³/mol. The first-order valence-electron chi connectivity index (χ1n) is 4.96. The number of nitrogens with zero attached hydrogens (tertiary/aromatic N) is 3. The second kappa shape index (κ2) is 5.37. The molecule has 0 aliphatic heterocycles. The zero-order valence-electron chi connectivity index (χ0n) is 9.30. The number of hydrogen-bond donors (Lipinski definition) is 2. The van der Waals surface area contributed by atoms with E-state index < -0.39 is 4.92 Å². The van der Waals surface area contributed by atoms with E-state index in [2.05, 4.69) is 31.2 Å². The smallest absolute Gasteiger partial charge is 0.353 e. The van der Waals surface area contributed by atoms with E-state index in [1.54, 1.807) is 18.2 Å². The van der Waals surface area contributed by atoms with Crippen LogP contribution in [0, 0.1) is 10.1 Å². The fourth-order valence-corrected chi connectivity index (χ4v) is 2.16. The van der Waals surface area contributed by atoms with Crippen LogP contribution in [0.25, 0.3) is 0 Å². The lowest BCUT2D eigenvalue weighted by molar-refractivity contribution is -0.383. The van der Waals surface area contributed by atoms with Gasteiger partial charge in [-0.1, -0.05) is 11.6 Å². The van der Waals surface area contributed by atoms with E-state index in [9.17, 15) is 10.1 Å². The average Bonchev–Trinajstić information content (AvgIpc) is 2.32. The lowest BCUT2D eigenvalue weighted by Crippen LogP contribution is -2.05. The van der Waals surface area contributed by atoms with E-state index >= 15 is 0 Å². The molecule has 0 aliphatic carbocycles. The summed E-state index contributed by atoms with van der Waals surface area (Å²) in [7, 11) is 0. The van der Waals surface area contributed by atoms with Gasteiger partial charge < -0.3 is 11.1 Å². The van der Waals surface area contributed by atoms with Crippen molar-refractivity contribution in [2.24, 2.45) is 0 Å². The van der Waals surface area contributed by atoms with E-state index in [-0.39, 0.29) is 17.3 Å². The van der Waals surface area contributed by atoms with Crippen molar-refractivity contribution >= 4 is 50.5 Å². The van der Waals surface area contributed by atoms with Crippen LogP contribution in [0.3, 0.4) is 0 Å². The SMILES string of the molecule is Nc1ncnc(Nc2ccc(Cl)cc2Br)c1[N+](=O)[O-]. The number of rotatable bonds is 3. The molecule has 19 heavy (non-hydrogen) atoms. The summed E-state index contributed by atoms with van der Waals surface area (Å²) in [6.45, 7) is 0. The highest BCUT2D eigenvalue weighted by Gasteiger charge is 2.21. The van der Waals surface area contributed by atoms with Gasteiger partial charge in [-0.2, -0.15) is 0 Å². The molecule has 0 atom stereocenters. The Balaban J connectivity index is 2.44. The zero-order valence-corrected chi connectivity index (χ0v) is 11.6. The summed E-state index contributed by atoms with van der Waals surface area (Å²) in [5, 5.41) is 14.3. The molecule has 0 unspecified atom stereocenters. The van der Waals surface area contributed by atoms with Crippen molar-refractivity contribution in [1.29, 1.82) is 0 Å². The third kappa shape index (κ3) is 2.91. The number of anilines is 3. The van der Waals surface area contributed by atoms with Crippen LogP contribution in [0.4, 0.5) is 23.0 Å². The molecule has 2 rings (SSSR count). The topological polar surface area (TPSA) is 107 Å². The number of nitro groups is 1. The fraction of sp³-hybridized carbons (Fsp3) is 0. The molecule has 0 radical (unpaired) electrons. The van der Waals surface area contributed by atoms with Crippen molar-refractivity contribution in [3.05, 3.63) is 44.1 Å². The summed E-state index contributed by atoms with van der Waals surface area (Å²) >= 11 is 9.11. The molecule has 0 fully saturated rings. The van der Waals surface area contributed by atoms with E-state index in [0.29, 0.717) is 15.2 Å². The Labute approximate surface area is 121 Å². The van der Waals surface area contributed by atoms with Gasteiger partial charge in [0.15, 0.2) is 0 Å². The largest absolute Gasteiger partial charge is 0.378 e. The summed E-state index contributed by atoms with van der Waals surface area (Å²) in [5.74, 6) is -0.187. The number of aromatic nitrogens is 2. The van der Waals surface area contributed by atoms with Gasteiger partial charge in [-0.3, -0.25) is 10.1 Å². The molecule has 3 N–H and O–H groups in total. The fourth-order valence-electron chi connectivity index (χ4n) is 1.38. The minimum Gasteiger partial charge on any atom is -0.378 e. The van der Waals surface area contributed by atoms with Gasteiger partial charge >= 0.3 is 5.69 Å². The molecule has 1 heterocycles. The molecular weight excluding hydrogens is 338 g/mol. The van der Waals surface area contributed by atoms with Crippen LogP contribution in [0.5, 0.6) is 0 Å². The maximum Gasteiger partial charge on any atom is 0.353 e.